The van der Waals surface area contributed by atoms with Crippen molar-refractivity contribution in [1.82, 2.24) is 24.7 Å². The molecule has 1 atom stereocenters. The van der Waals surface area contributed by atoms with E-state index in [4.69, 9.17) is 9.26 Å². The van der Waals surface area contributed by atoms with E-state index in [0.29, 0.717) is 29.5 Å². The molecule has 0 saturated carbocycles. The van der Waals surface area contributed by atoms with Crippen LogP contribution in [0.5, 0.6) is 0 Å². The van der Waals surface area contributed by atoms with Gasteiger partial charge in [-0.05, 0) is 18.2 Å². The number of imidazole rings is 1. The van der Waals surface area contributed by atoms with E-state index in [2.05, 4.69) is 20.1 Å². The summed E-state index contributed by atoms with van der Waals surface area (Å²) in [5, 5.41) is 4.00. The highest BCUT2D eigenvalue weighted by Crippen LogP contribution is 2.32. The van der Waals surface area contributed by atoms with E-state index in [9.17, 15) is 4.39 Å². The second kappa shape index (κ2) is 6.40. The molecule has 4 aromatic rings. The Balaban J connectivity index is 1.44. The van der Waals surface area contributed by atoms with Crippen molar-refractivity contribution in [1.29, 1.82) is 0 Å². The van der Waals surface area contributed by atoms with E-state index in [1.165, 1.54) is 6.07 Å². The van der Waals surface area contributed by atoms with Crippen molar-refractivity contribution in [2.24, 2.45) is 0 Å². The molecule has 1 aliphatic heterocycles. The molecule has 5 rings (SSSR count). The van der Waals surface area contributed by atoms with Gasteiger partial charge in [-0.2, -0.15) is 4.98 Å². The minimum absolute atomic E-state index is 0.274. The molecule has 0 saturated heterocycles. The average Bonchev–Trinajstić information content (AvgIpc) is 3.35. The SMILES string of the molecule is Fc1ccccc1[C@@H]1Cn2cnc(-c3nc(-c4cccnc4)no3)c2CO1. The Kier molecular flexibility index (Phi) is 3.75. The fraction of sp³-hybridized carbons (Fsp3) is 0.158. The predicted molar refractivity (Wildman–Crippen MR) is 92.7 cm³/mol. The number of aromatic nitrogens is 5. The van der Waals surface area contributed by atoms with Crippen LogP contribution in [0.4, 0.5) is 4.39 Å². The molecule has 134 valence electrons. The molecule has 3 aromatic heterocycles. The summed E-state index contributed by atoms with van der Waals surface area (Å²) in [6.07, 6.45) is 4.67. The Morgan fingerprint density at radius 1 is 1.15 bits per heavy atom. The lowest BCUT2D eigenvalue weighted by Gasteiger charge is -2.25. The summed E-state index contributed by atoms with van der Waals surface area (Å²) in [6.45, 7) is 0.742. The van der Waals surface area contributed by atoms with Gasteiger partial charge in [-0.1, -0.05) is 23.4 Å². The van der Waals surface area contributed by atoms with Crippen LogP contribution in [0.1, 0.15) is 17.4 Å². The number of hydrogen-bond acceptors (Lipinski definition) is 6. The summed E-state index contributed by atoms with van der Waals surface area (Å²) in [6, 6.07) is 10.3. The highest BCUT2D eigenvalue weighted by Gasteiger charge is 2.27. The molecule has 0 radical (unpaired) electrons. The third-order valence-electron chi connectivity index (χ3n) is 4.53. The number of nitrogens with zero attached hydrogens (tertiary/aromatic N) is 5. The van der Waals surface area contributed by atoms with E-state index in [1.54, 1.807) is 43.0 Å². The predicted octanol–water partition coefficient (Wildman–Crippen LogP) is 3.41. The van der Waals surface area contributed by atoms with E-state index in [0.717, 1.165) is 11.3 Å². The van der Waals surface area contributed by atoms with Crippen molar-refractivity contribution in [3.63, 3.8) is 0 Å². The van der Waals surface area contributed by atoms with Gasteiger partial charge < -0.3 is 13.8 Å². The van der Waals surface area contributed by atoms with Crippen LogP contribution in [-0.2, 0) is 17.9 Å². The van der Waals surface area contributed by atoms with Crippen LogP contribution in [0.25, 0.3) is 23.0 Å². The minimum Gasteiger partial charge on any atom is -0.365 e. The molecule has 0 fully saturated rings. The summed E-state index contributed by atoms with van der Waals surface area (Å²) in [7, 11) is 0. The van der Waals surface area contributed by atoms with Crippen molar-refractivity contribution in [3.05, 3.63) is 72.2 Å². The largest absolute Gasteiger partial charge is 0.365 e. The van der Waals surface area contributed by atoms with Gasteiger partial charge in [0.15, 0.2) is 5.69 Å². The number of fused-ring (bicyclic) bond motifs is 1. The van der Waals surface area contributed by atoms with Crippen molar-refractivity contribution < 1.29 is 13.7 Å². The van der Waals surface area contributed by atoms with Crippen LogP contribution < -0.4 is 0 Å². The van der Waals surface area contributed by atoms with Crippen molar-refractivity contribution in [2.45, 2.75) is 19.3 Å². The second-order valence-electron chi connectivity index (χ2n) is 6.18. The number of benzene rings is 1. The molecule has 0 N–H and O–H groups in total. The summed E-state index contributed by atoms with van der Waals surface area (Å²) < 4.78 is 27.2. The lowest BCUT2D eigenvalue weighted by Crippen LogP contribution is -2.21. The number of halogens is 1. The molecule has 0 bridgehead atoms. The first kappa shape index (κ1) is 15.8. The first-order chi connectivity index (χ1) is 13.3. The molecule has 7 nitrogen and oxygen atoms in total. The maximum atomic E-state index is 14.0. The van der Waals surface area contributed by atoms with Gasteiger partial charge in [-0.3, -0.25) is 4.98 Å². The monoisotopic (exact) mass is 363 g/mol. The summed E-state index contributed by atoms with van der Waals surface area (Å²) >= 11 is 0. The van der Waals surface area contributed by atoms with E-state index in [1.807, 2.05) is 10.6 Å². The average molecular weight is 363 g/mol. The Labute approximate surface area is 153 Å². The molecule has 0 aliphatic carbocycles. The van der Waals surface area contributed by atoms with Gasteiger partial charge in [0.25, 0.3) is 5.89 Å². The Morgan fingerprint density at radius 3 is 2.93 bits per heavy atom. The number of rotatable bonds is 3. The molecular formula is C19H14FN5O2. The van der Waals surface area contributed by atoms with Crippen molar-refractivity contribution in [3.8, 4) is 23.0 Å². The Bertz CT molecular complexity index is 1090. The molecular weight excluding hydrogens is 349 g/mol. The van der Waals surface area contributed by atoms with Crippen LogP contribution in [0.15, 0.2) is 59.6 Å². The maximum absolute atomic E-state index is 14.0. The van der Waals surface area contributed by atoms with Gasteiger partial charge in [-0.15, -0.1) is 0 Å². The first-order valence-electron chi connectivity index (χ1n) is 8.44. The quantitative estimate of drug-likeness (QED) is 0.555. The van der Waals surface area contributed by atoms with Gasteiger partial charge in [-0.25, -0.2) is 9.37 Å². The van der Waals surface area contributed by atoms with Crippen molar-refractivity contribution >= 4 is 0 Å². The van der Waals surface area contributed by atoms with Crippen LogP contribution in [-0.4, -0.2) is 24.7 Å². The molecule has 0 amide bonds. The van der Waals surface area contributed by atoms with Crippen molar-refractivity contribution in [2.75, 3.05) is 0 Å². The third kappa shape index (κ3) is 2.80. The zero-order chi connectivity index (χ0) is 18.2. The molecule has 1 aliphatic rings. The topological polar surface area (TPSA) is 78.9 Å². The molecule has 8 heteroatoms. The second-order valence-corrected chi connectivity index (χ2v) is 6.18. The number of hydrogen-bond donors (Lipinski definition) is 0. The zero-order valence-electron chi connectivity index (χ0n) is 14.1. The highest BCUT2D eigenvalue weighted by atomic mass is 19.1. The van der Waals surface area contributed by atoms with Crippen LogP contribution in [0.3, 0.4) is 0 Å². The van der Waals surface area contributed by atoms with E-state index >= 15 is 0 Å². The third-order valence-corrected chi connectivity index (χ3v) is 4.53. The van der Waals surface area contributed by atoms with Crippen LogP contribution in [0, 0.1) is 5.82 Å². The Morgan fingerprint density at radius 2 is 2.07 bits per heavy atom. The smallest absolute Gasteiger partial charge is 0.278 e. The summed E-state index contributed by atoms with van der Waals surface area (Å²) in [4.78, 5) is 12.9. The lowest BCUT2D eigenvalue weighted by atomic mass is 10.1. The molecule has 4 heterocycles. The fourth-order valence-corrected chi connectivity index (χ4v) is 3.16. The normalized spacial score (nSPS) is 16.3. The van der Waals surface area contributed by atoms with Gasteiger partial charge in [0.1, 0.15) is 11.9 Å². The summed E-state index contributed by atoms with van der Waals surface area (Å²) in [5.74, 6) is 0.487. The van der Waals surface area contributed by atoms with Gasteiger partial charge in [0, 0.05) is 23.5 Å². The molecule has 27 heavy (non-hydrogen) atoms. The molecule has 1 aromatic carbocycles. The standard InChI is InChI=1S/C19H14FN5O2/c20-14-6-2-1-5-13(14)16-9-25-11-22-17(15(25)10-26-16)19-23-18(24-27-19)12-4-3-7-21-8-12/h1-8,11,16H,9-10H2/t16-/m0/s1. The first-order valence-corrected chi connectivity index (χ1v) is 8.44. The van der Waals surface area contributed by atoms with Crippen LogP contribution in [0.2, 0.25) is 0 Å². The van der Waals surface area contributed by atoms with Gasteiger partial charge in [0.2, 0.25) is 5.82 Å². The zero-order valence-corrected chi connectivity index (χ0v) is 14.1. The van der Waals surface area contributed by atoms with Crippen LogP contribution >= 0.6 is 0 Å². The molecule has 0 spiro atoms. The number of ether oxygens (including phenoxy) is 1. The maximum Gasteiger partial charge on any atom is 0.278 e. The summed E-state index contributed by atoms with van der Waals surface area (Å²) in [5.41, 5.74) is 2.69. The minimum atomic E-state index is -0.366. The van der Waals surface area contributed by atoms with Gasteiger partial charge in [0.05, 0.1) is 25.2 Å². The highest BCUT2D eigenvalue weighted by molar-refractivity contribution is 5.58. The lowest BCUT2D eigenvalue weighted by molar-refractivity contribution is 0.00126. The number of pyridine rings is 1. The fourth-order valence-electron chi connectivity index (χ4n) is 3.16. The van der Waals surface area contributed by atoms with E-state index in [-0.39, 0.29) is 18.5 Å². The molecule has 0 unspecified atom stereocenters. The van der Waals surface area contributed by atoms with E-state index < -0.39 is 0 Å². The van der Waals surface area contributed by atoms with Gasteiger partial charge >= 0.3 is 0 Å². The Hall–Kier alpha value is -3.39.